The van der Waals surface area contributed by atoms with Crippen molar-refractivity contribution >= 4 is 37.5 Å². The number of benzene rings is 2. The van der Waals surface area contributed by atoms with Gasteiger partial charge in [0.15, 0.2) is 36.1 Å². The van der Waals surface area contributed by atoms with Crippen LogP contribution in [-0.4, -0.2) is 135 Å². The highest BCUT2D eigenvalue weighted by Crippen LogP contribution is 2.67. The van der Waals surface area contributed by atoms with Gasteiger partial charge in [-0.25, -0.2) is 9.59 Å². The fraction of sp³-hybridized carbons (Fsp3) is 0.588. The monoisotopic (exact) mass is 955 g/mol. The molecule has 0 spiro atoms. The number of amides is 1. The number of esters is 4. The molecule has 0 aromatic heterocycles. The van der Waals surface area contributed by atoms with Gasteiger partial charge < -0.3 is 57.4 Å². The Hall–Kier alpha value is -5.27. The van der Waals surface area contributed by atoms with Crippen LogP contribution in [0.1, 0.15) is 96.8 Å². The second-order valence-electron chi connectivity index (χ2n) is 20.2. The summed E-state index contributed by atoms with van der Waals surface area (Å²) in [4.78, 5) is 71.3. The van der Waals surface area contributed by atoms with Crippen molar-refractivity contribution in [2.75, 3.05) is 20.8 Å². The summed E-state index contributed by atoms with van der Waals surface area (Å²) in [5, 5.41) is 14.1. The number of carbonyl (C=O) groups excluding carboxylic acids is 5. The van der Waals surface area contributed by atoms with Gasteiger partial charge in [0.05, 0.1) is 44.5 Å². The Labute approximate surface area is 403 Å². The summed E-state index contributed by atoms with van der Waals surface area (Å²) < 4.78 is 63.2. The van der Waals surface area contributed by atoms with E-state index < -0.39 is 125 Å². The average molecular weight is 956 g/mol. The molecule has 1 amide bonds. The molecule has 17 nitrogen and oxygen atoms in total. The van der Waals surface area contributed by atoms with E-state index in [0.29, 0.717) is 28.2 Å². The summed E-state index contributed by atoms with van der Waals surface area (Å²) >= 11 is 0. The second-order valence-corrected chi connectivity index (χ2v) is 20.2. The lowest BCUT2D eigenvalue weighted by atomic mass is 9.44. The number of carbonyl (C=O) groups is 5. The Morgan fingerprint density at radius 3 is 2.23 bits per heavy atom. The maximum absolute atomic E-state index is 15.1. The van der Waals surface area contributed by atoms with E-state index >= 15 is 4.79 Å². The first-order chi connectivity index (χ1) is 32.6. The number of ether oxygens (including phenoxy) is 10. The van der Waals surface area contributed by atoms with Crippen LogP contribution in [0.3, 0.4) is 0 Å². The maximum atomic E-state index is 15.1. The molecular weight excluding hydrogens is 893 g/mol. The minimum Gasteiger partial charge on any atom is -0.497 e. The van der Waals surface area contributed by atoms with E-state index in [0.717, 1.165) is 0 Å². The van der Waals surface area contributed by atoms with E-state index in [1.807, 2.05) is 20.8 Å². The maximum Gasteiger partial charge on any atom is 0.338 e. The van der Waals surface area contributed by atoms with Crippen LogP contribution in [0.15, 0.2) is 72.3 Å². The molecular formula is C51H62BNO16. The van der Waals surface area contributed by atoms with Gasteiger partial charge in [0.2, 0.25) is 7.85 Å². The fourth-order valence-electron chi connectivity index (χ4n) is 12.4. The third-order valence-corrected chi connectivity index (χ3v) is 15.5. The van der Waals surface area contributed by atoms with Crippen molar-refractivity contribution < 1.29 is 76.4 Å². The van der Waals surface area contributed by atoms with Gasteiger partial charge in [0, 0.05) is 49.1 Å². The minimum atomic E-state index is -2.23. The van der Waals surface area contributed by atoms with Gasteiger partial charge in [0.25, 0.3) is 0 Å². The molecule has 3 unspecified atom stereocenters. The van der Waals surface area contributed by atoms with Gasteiger partial charge in [0.1, 0.15) is 41.5 Å². The number of nitrogens with zero attached hydrogens (tertiary/aromatic N) is 1. The van der Waals surface area contributed by atoms with Gasteiger partial charge in [-0.3, -0.25) is 14.4 Å². The van der Waals surface area contributed by atoms with E-state index in [1.165, 1.54) is 39.0 Å². The minimum absolute atomic E-state index is 0.0696. The SMILES string of the molecule is [B]C(=O)N1C(c2ccc(OC)cc2OC)OC(C(=O)O[C@H]2C[C@@]3(O)[C@@H](OC(=O)c4ccccc4)[C@@H]4[C@]5(OC(C)=O)CO[C@@H]5C[C@@H]5OC(C=C)O[C@@H]([C@@H](OC(C)=O)C(=C2C)C3(C)C)[C@]54C)[C@@H]1CC(C)C. The molecule has 6 aliphatic rings. The summed E-state index contributed by atoms with van der Waals surface area (Å²) in [6.45, 7) is 17.2. The van der Waals surface area contributed by atoms with E-state index in [1.54, 1.807) is 69.3 Å². The Kier molecular flexibility index (Phi) is 13.4. The zero-order valence-electron chi connectivity index (χ0n) is 40.8. The van der Waals surface area contributed by atoms with Crippen LogP contribution in [0.25, 0.3) is 0 Å². The van der Waals surface area contributed by atoms with Crippen molar-refractivity contribution in [3.63, 3.8) is 0 Å². The van der Waals surface area contributed by atoms with E-state index in [9.17, 15) is 24.3 Å². The van der Waals surface area contributed by atoms with E-state index in [4.69, 9.17) is 55.2 Å². The molecule has 2 aromatic carbocycles. The van der Waals surface area contributed by atoms with E-state index in [-0.39, 0.29) is 30.9 Å². The van der Waals surface area contributed by atoms with Crippen LogP contribution in [0, 0.1) is 22.7 Å². The van der Waals surface area contributed by atoms with Crippen molar-refractivity contribution in [2.45, 2.75) is 147 Å². The predicted octanol–water partition coefficient (Wildman–Crippen LogP) is 5.69. The zero-order valence-corrected chi connectivity index (χ0v) is 40.8. The molecule has 18 heteroatoms. The lowest BCUT2D eigenvalue weighted by Gasteiger charge is -2.71. The second kappa shape index (κ2) is 18.5. The Bertz CT molecular complexity index is 2410. The highest BCUT2D eigenvalue weighted by molar-refractivity contribution is 6.57. The smallest absolute Gasteiger partial charge is 0.338 e. The molecule has 2 aromatic rings. The highest BCUT2D eigenvalue weighted by atomic mass is 16.7. The van der Waals surface area contributed by atoms with Crippen LogP contribution in [0.2, 0.25) is 0 Å². The molecule has 14 atom stereocenters. The van der Waals surface area contributed by atoms with Gasteiger partial charge in [-0.05, 0) is 60.8 Å². The van der Waals surface area contributed by atoms with Crippen LogP contribution in [0.5, 0.6) is 11.5 Å². The lowest BCUT2D eigenvalue weighted by molar-refractivity contribution is -0.405. The summed E-state index contributed by atoms with van der Waals surface area (Å²) in [7, 11) is 9.04. The molecule has 2 radical (unpaired) electrons. The first-order valence-corrected chi connectivity index (χ1v) is 23.3. The topological polar surface area (TPSA) is 201 Å². The van der Waals surface area contributed by atoms with Crippen LogP contribution in [-0.2, 0) is 52.3 Å². The number of fused-ring (bicyclic) bond motifs is 4. The highest BCUT2D eigenvalue weighted by Gasteiger charge is 2.80. The summed E-state index contributed by atoms with van der Waals surface area (Å²) in [5.41, 5.74) is -5.35. The first kappa shape index (κ1) is 50.1. The van der Waals surface area contributed by atoms with Gasteiger partial charge in [-0.15, -0.1) is 0 Å². The number of hydrogen-bond acceptors (Lipinski definition) is 16. The van der Waals surface area contributed by atoms with Crippen LogP contribution >= 0.6 is 0 Å². The molecule has 69 heavy (non-hydrogen) atoms. The third kappa shape index (κ3) is 8.13. The number of methoxy groups -OCH3 is 2. The Morgan fingerprint density at radius 1 is 0.942 bits per heavy atom. The van der Waals surface area contributed by atoms with Crippen molar-refractivity contribution in [1.29, 1.82) is 0 Å². The van der Waals surface area contributed by atoms with Crippen molar-refractivity contribution in [2.24, 2.45) is 22.7 Å². The molecule has 3 aliphatic carbocycles. The van der Waals surface area contributed by atoms with Crippen molar-refractivity contribution in [1.82, 2.24) is 4.90 Å². The molecule has 1 N–H and O–H groups in total. The summed E-state index contributed by atoms with van der Waals surface area (Å²) in [6, 6.07) is 12.2. The van der Waals surface area contributed by atoms with Gasteiger partial charge in [-0.2, -0.15) is 0 Å². The van der Waals surface area contributed by atoms with Gasteiger partial charge >= 0.3 is 23.9 Å². The lowest BCUT2D eigenvalue weighted by Crippen LogP contribution is -2.83. The summed E-state index contributed by atoms with van der Waals surface area (Å²) in [5.74, 6) is -4.37. The number of aliphatic hydroxyl groups is 1. The Morgan fingerprint density at radius 2 is 1.65 bits per heavy atom. The van der Waals surface area contributed by atoms with Gasteiger partial charge in [-0.1, -0.05) is 59.4 Å². The number of hydrogen-bond donors (Lipinski definition) is 1. The molecule has 2 saturated carbocycles. The average Bonchev–Trinajstić information content (AvgIpc) is 3.66. The van der Waals surface area contributed by atoms with E-state index in [2.05, 4.69) is 6.58 Å². The molecule has 5 fully saturated rings. The first-order valence-electron chi connectivity index (χ1n) is 23.3. The van der Waals surface area contributed by atoms with Crippen molar-refractivity contribution in [3.8, 4) is 11.5 Å². The molecule has 3 heterocycles. The summed E-state index contributed by atoms with van der Waals surface area (Å²) in [6.07, 6.45) is -9.11. The molecule has 2 bridgehead atoms. The van der Waals surface area contributed by atoms with Crippen LogP contribution < -0.4 is 9.47 Å². The Balaban J connectivity index is 1.32. The molecule has 8 rings (SSSR count). The standard InChI is InChI=1S/C51H62BNO16/c1-12-37-65-35-22-36-50(24-62-36,69-28(6)55)41-43(68-45(56)29-16-14-13-15-17-29)51(59)23-34(26(4)38(48(51,7)8)40(63-27(5)54)42(66-37)49(35,41)9)64-46(57)39-32(20-25(2)3)53(47(52)58)44(67-39)31-19-18-30(60-10)21-33(31)61-11/h12-19,21,25,32,34-37,39-44,59H,1,20,22-24H2,2-11H3/t32-,34-,35-,36+,37?,39?,40-,41-,42-,43-,44?,49+,50-,51+/m0/s1. The van der Waals surface area contributed by atoms with Crippen LogP contribution in [0.4, 0.5) is 4.79 Å². The third-order valence-electron chi connectivity index (χ3n) is 15.5. The number of rotatable bonds is 12. The fourth-order valence-corrected chi connectivity index (χ4v) is 12.4. The quantitative estimate of drug-likeness (QED) is 0.118. The van der Waals surface area contributed by atoms with Crippen molar-refractivity contribution in [3.05, 3.63) is 83.5 Å². The predicted molar refractivity (Wildman–Crippen MR) is 245 cm³/mol. The molecule has 370 valence electrons. The molecule has 3 saturated heterocycles. The largest absolute Gasteiger partial charge is 0.497 e. The molecule has 3 aliphatic heterocycles. The zero-order chi connectivity index (χ0) is 50.1. The normalized spacial score (nSPS) is 36.3.